The molecule has 0 saturated heterocycles. The van der Waals surface area contributed by atoms with Gasteiger partial charge in [0, 0.05) is 12.6 Å². The molecule has 104 valence electrons. The first kappa shape index (κ1) is 13.7. The quantitative estimate of drug-likeness (QED) is 0.643. The van der Waals surface area contributed by atoms with Crippen LogP contribution in [0.4, 0.5) is 13.2 Å². The Balaban J connectivity index is 2.57. The van der Waals surface area contributed by atoms with E-state index in [-0.39, 0.29) is 23.2 Å². The van der Waals surface area contributed by atoms with E-state index >= 15 is 0 Å². The Morgan fingerprint density at radius 1 is 1.42 bits per heavy atom. The number of aryl methyl sites for hydroxylation is 1. The Labute approximate surface area is 106 Å². The maximum absolute atomic E-state index is 12.3. The fourth-order valence-corrected chi connectivity index (χ4v) is 1.96. The van der Waals surface area contributed by atoms with Crippen molar-refractivity contribution in [1.82, 2.24) is 4.98 Å². The van der Waals surface area contributed by atoms with E-state index in [9.17, 15) is 21.6 Å². The molecule has 2 aromatic heterocycles. The molecule has 0 aliphatic heterocycles. The van der Waals surface area contributed by atoms with Gasteiger partial charge in [-0.2, -0.15) is 21.6 Å². The number of fused-ring (bicyclic) bond motifs is 1. The Bertz CT molecular complexity index is 705. The Hall–Kier alpha value is -1.77. The summed E-state index contributed by atoms with van der Waals surface area (Å²) in [6, 6.07) is 1.32. The van der Waals surface area contributed by atoms with Gasteiger partial charge in [-0.25, -0.2) is 0 Å². The molecule has 2 heterocycles. The maximum atomic E-state index is 12.3. The number of alkyl halides is 3. The molecule has 0 aliphatic carbocycles. The number of rotatable bonds is 3. The first-order valence-electron chi connectivity index (χ1n) is 5.12. The molecule has 5 nitrogen and oxygen atoms in total. The van der Waals surface area contributed by atoms with Gasteiger partial charge in [0.05, 0.1) is 11.6 Å². The first-order valence-corrected chi connectivity index (χ1v) is 6.53. The third kappa shape index (κ3) is 2.37. The summed E-state index contributed by atoms with van der Waals surface area (Å²) in [6.45, 7) is 1.60. The van der Waals surface area contributed by atoms with E-state index in [1.807, 2.05) is 0 Å². The molecule has 0 saturated carbocycles. The van der Waals surface area contributed by atoms with Gasteiger partial charge in [-0.05, 0) is 6.07 Å². The lowest BCUT2D eigenvalue weighted by molar-refractivity contribution is -0.0500. The number of pyridine rings is 1. The van der Waals surface area contributed by atoms with Crippen molar-refractivity contribution in [3.05, 3.63) is 24.2 Å². The second-order valence-corrected chi connectivity index (χ2v) is 5.10. The molecule has 0 amide bonds. The molecule has 2 rings (SSSR count). The second kappa shape index (κ2) is 4.41. The van der Waals surface area contributed by atoms with Crippen molar-refractivity contribution >= 4 is 21.1 Å². The van der Waals surface area contributed by atoms with E-state index < -0.39 is 21.4 Å². The molecule has 0 unspecified atom stereocenters. The molecular formula is C10H8F3NO4S. The molecule has 0 radical (unpaired) electrons. The van der Waals surface area contributed by atoms with Crippen LogP contribution in [0.5, 0.6) is 5.75 Å². The van der Waals surface area contributed by atoms with E-state index in [4.69, 9.17) is 4.42 Å². The van der Waals surface area contributed by atoms with Crippen LogP contribution < -0.4 is 4.18 Å². The van der Waals surface area contributed by atoms with Gasteiger partial charge in [-0.3, -0.25) is 4.98 Å². The van der Waals surface area contributed by atoms with Gasteiger partial charge >= 0.3 is 15.6 Å². The zero-order valence-corrected chi connectivity index (χ0v) is 10.4. The van der Waals surface area contributed by atoms with Gasteiger partial charge in [0.15, 0.2) is 11.3 Å². The van der Waals surface area contributed by atoms with E-state index in [0.717, 1.165) is 0 Å². The van der Waals surface area contributed by atoms with Crippen LogP contribution in [0.15, 0.2) is 22.9 Å². The molecule has 0 bridgehead atoms. The molecule has 19 heavy (non-hydrogen) atoms. The van der Waals surface area contributed by atoms with E-state index in [2.05, 4.69) is 9.17 Å². The molecule has 0 aliphatic rings. The molecular weight excluding hydrogens is 287 g/mol. The highest BCUT2D eigenvalue weighted by molar-refractivity contribution is 7.88. The molecule has 0 aromatic carbocycles. The summed E-state index contributed by atoms with van der Waals surface area (Å²) in [4.78, 5) is 3.73. The normalized spacial score (nSPS) is 12.8. The smallest absolute Gasteiger partial charge is 0.455 e. The SMILES string of the molecule is CCc1oc2cnccc2c1OS(=O)(=O)C(F)(F)F. The Kier molecular flexibility index (Phi) is 3.17. The fraction of sp³-hybridized carbons (Fsp3) is 0.300. The van der Waals surface area contributed by atoms with Crippen LogP contribution in [-0.2, 0) is 16.5 Å². The van der Waals surface area contributed by atoms with E-state index in [1.165, 1.54) is 18.5 Å². The summed E-state index contributed by atoms with van der Waals surface area (Å²) in [6.07, 6.45) is 2.74. The highest BCUT2D eigenvalue weighted by Gasteiger charge is 2.49. The lowest BCUT2D eigenvalue weighted by atomic mass is 10.2. The number of halogens is 3. The second-order valence-electron chi connectivity index (χ2n) is 3.56. The third-order valence-corrected chi connectivity index (χ3v) is 3.27. The summed E-state index contributed by atoms with van der Waals surface area (Å²) in [7, 11) is -5.73. The van der Waals surface area contributed by atoms with Crippen molar-refractivity contribution in [3.63, 3.8) is 0 Å². The summed E-state index contributed by atoms with van der Waals surface area (Å²) in [5.41, 5.74) is -5.33. The predicted octanol–water partition coefficient (Wildman–Crippen LogP) is 2.62. The van der Waals surface area contributed by atoms with Crippen molar-refractivity contribution in [2.75, 3.05) is 0 Å². The lowest BCUT2D eigenvalue weighted by Gasteiger charge is -2.09. The van der Waals surface area contributed by atoms with E-state index in [1.54, 1.807) is 6.92 Å². The molecule has 0 fully saturated rings. The van der Waals surface area contributed by atoms with Crippen LogP contribution in [-0.4, -0.2) is 18.9 Å². The van der Waals surface area contributed by atoms with Crippen LogP contribution in [0.1, 0.15) is 12.7 Å². The maximum Gasteiger partial charge on any atom is 0.534 e. The Morgan fingerprint density at radius 2 is 2.11 bits per heavy atom. The van der Waals surface area contributed by atoms with E-state index in [0.29, 0.717) is 0 Å². The van der Waals surface area contributed by atoms with Crippen molar-refractivity contribution in [1.29, 1.82) is 0 Å². The van der Waals surface area contributed by atoms with Crippen molar-refractivity contribution in [2.24, 2.45) is 0 Å². The van der Waals surface area contributed by atoms with Crippen molar-refractivity contribution in [3.8, 4) is 5.75 Å². The number of aromatic nitrogens is 1. The minimum absolute atomic E-state index is 0.0100. The average Bonchev–Trinajstić information content (AvgIpc) is 2.66. The number of hydrogen-bond donors (Lipinski definition) is 0. The summed E-state index contributed by atoms with van der Waals surface area (Å²) < 4.78 is 68.3. The standard InChI is InChI=1S/C10H8F3NO4S/c1-2-7-9(18-19(15,16)10(11,12)13)6-3-4-14-5-8(6)17-7/h3-5H,2H2,1H3. The third-order valence-electron chi connectivity index (χ3n) is 2.31. The Morgan fingerprint density at radius 3 is 2.68 bits per heavy atom. The van der Waals surface area contributed by atoms with Gasteiger partial charge < -0.3 is 8.60 Å². The monoisotopic (exact) mass is 295 g/mol. The minimum atomic E-state index is -5.73. The molecule has 0 N–H and O–H groups in total. The average molecular weight is 295 g/mol. The number of nitrogens with zero attached hydrogens (tertiary/aromatic N) is 1. The number of hydrogen-bond acceptors (Lipinski definition) is 5. The summed E-state index contributed by atoms with van der Waals surface area (Å²) in [5, 5.41) is 0.125. The van der Waals surface area contributed by atoms with Crippen molar-refractivity contribution < 1.29 is 30.2 Å². The van der Waals surface area contributed by atoms with Crippen LogP contribution in [0.25, 0.3) is 11.0 Å². The molecule has 0 spiro atoms. The van der Waals surface area contributed by atoms with Gasteiger partial charge in [-0.15, -0.1) is 0 Å². The fourth-order valence-electron chi connectivity index (χ4n) is 1.46. The highest BCUT2D eigenvalue weighted by atomic mass is 32.2. The summed E-state index contributed by atoms with van der Waals surface area (Å²) in [5.74, 6) is -0.437. The van der Waals surface area contributed by atoms with Crippen LogP contribution in [0.2, 0.25) is 0 Å². The zero-order chi connectivity index (χ0) is 14.3. The lowest BCUT2D eigenvalue weighted by Crippen LogP contribution is -2.28. The van der Waals surface area contributed by atoms with Gasteiger partial charge in [0.2, 0.25) is 0 Å². The summed E-state index contributed by atoms with van der Waals surface area (Å²) >= 11 is 0. The highest BCUT2D eigenvalue weighted by Crippen LogP contribution is 2.36. The molecule has 9 heteroatoms. The minimum Gasteiger partial charge on any atom is -0.455 e. The van der Waals surface area contributed by atoms with Gasteiger partial charge in [-0.1, -0.05) is 6.92 Å². The zero-order valence-electron chi connectivity index (χ0n) is 9.56. The largest absolute Gasteiger partial charge is 0.534 e. The van der Waals surface area contributed by atoms with Crippen LogP contribution in [0.3, 0.4) is 0 Å². The van der Waals surface area contributed by atoms with Crippen molar-refractivity contribution in [2.45, 2.75) is 18.9 Å². The molecule has 2 aromatic rings. The topological polar surface area (TPSA) is 69.4 Å². The number of furan rings is 1. The van der Waals surface area contributed by atoms with Crippen LogP contribution >= 0.6 is 0 Å². The molecule has 0 atom stereocenters. The van der Waals surface area contributed by atoms with Gasteiger partial charge in [0.1, 0.15) is 5.76 Å². The van der Waals surface area contributed by atoms with Crippen LogP contribution in [0, 0.1) is 0 Å². The first-order chi connectivity index (χ1) is 8.76. The van der Waals surface area contributed by atoms with Gasteiger partial charge in [0.25, 0.3) is 0 Å². The predicted molar refractivity (Wildman–Crippen MR) is 59.0 cm³/mol.